The molecule has 1 aromatic carbocycles. The minimum Gasteiger partial charge on any atom is -0.310 e. The largest absolute Gasteiger partial charge is 0.310 e. The third kappa shape index (κ3) is 3.77. The summed E-state index contributed by atoms with van der Waals surface area (Å²) in [5.41, 5.74) is 0. The van der Waals surface area contributed by atoms with Gasteiger partial charge in [0.2, 0.25) is 0 Å². The Labute approximate surface area is 118 Å². The van der Waals surface area contributed by atoms with E-state index in [9.17, 15) is 4.39 Å². The zero-order chi connectivity index (χ0) is 13.8. The lowest BCUT2D eigenvalue weighted by atomic mass is 10.0. The summed E-state index contributed by atoms with van der Waals surface area (Å²) in [6.07, 6.45) is 2.35. The van der Waals surface area contributed by atoms with Crippen molar-refractivity contribution in [3.63, 3.8) is 0 Å². The van der Waals surface area contributed by atoms with Gasteiger partial charge in [-0.25, -0.2) is 4.39 Å². The molecule has 0 aliphatic heterocycles. The second-order valence-electron chi connectivity index (χ2n) is 5.41. The third-order valence-corrected chi connectivity index (χ3v) is 4.55. The smallest absolute Gasteiger partial charge is 0.123 e. The highest BCUT2D eigenvalue weighted by atomic mass is 32.1. The van der Waals surface area contributed by atoms with Crippen molar-refractivity contribution < 1.29 is 4.39 Å². The number of nitrogens with one attached hydrogen (secondary N) is 1. The summed E-state index contributed by atoms with van der Waals surface area (Å²) in [5, 5.41) is 4.57. The lowest BCUT2D eigenvalue weighted by molar-refractivity contribution is 0.453. The van der Waals surface area contributed by atoms with Crippen molar-refractivity contribution in [2.24, 2.45) is 5.92 Å². The van der Waals surface area contributed by atoms with Crippen molar-refractivity contribution in [1.29, 1.82) is 0 Å². The van der Waals surface area contributed by atoms with E-state index in [1.54, 1.807) is 23.5 Å². The molecule has 0 aliphatic rings. The van der Waals surface area contributed by atoms with Crippen molar-refractivity contribution >= 4 is 21.4 Å². The van der Waals surface area contributed by atoms with Crippen LogP contribution in [0.2, 0.25) is 0 Å². The Balaban J connectivity index is 2.22. The number of benzene rings is 1. The second kappa shape index (κ2) is 6.49. The Morgan fingerprint density at radius 3 is 2.68 bits per heavy atom. The SMILES string of the molecule is CCNC(CCC(C)C)c1cc2cc(F)ccc2s1. The molecule has 1 unspecified atom stereocenters. The van der Waals surface area contributed by atoms with E-state index in [4.69, 9.17) is 0 Å². The van der Waals surface area contributed by atoms with Gasteiger partial charge < -0.3 is 5.32 Å². The Bertz CT molecular complexity index is 533. The Morgan fingerprint density at radius 2 is 2.00 bits per heavy atom. The highest BCUT2D eigenvalue weighted by Crippen LogP contribution is 2.32. The number of halogens is 1. The molecule has 0 saturated heterocycles. The van der Waals surface area contributed by atoms with Crippen LogP contribution in [0.4, 0.5) is 4.39 Å². The Hall–Kier alpha value is -0.930. The van der Waals surface area contributed by atoms with E-state index >= 15 is 0 Å². The van der Waals surface area contributed by atoms with Crippen LogP contribution < -0.4 is 5.32 Å². The van der Waals surface area contributed by atoms with Crippen LogP contribution in [0, 0.1) is 11.7 Å². The van der Waals surface area contributed by atoms with Crippen molar-refractivity contribution in [3.05, 3.63) is 35.0 Å². The molecule has 0 amide bonds. The van der Waals surface area contributed by atoms with Crippen LogP contribution in [0.3, 0.4) is 0 Å². The minimum atomic E-state index is -0.154. The van der Waals surface area contributed by atoms with Gasteiger partial charge in [0, 0.05) is 15.6 Å². The molecule has 0 radical (unpaired) electrons. The van der Waals surface area contributed by atoms with Crippen molar-refractivity contribution in [2.75, 3.05) is 6.54 Å². The highest BCUT2D eigenvalue weighted by molar-refractivity contribution is 7.19. The van der Waals surface area contributed by atoms with E-state index in [0.29, 0.717) is 12.0 Å². The average molecular weight is 279 g/mol. The summed E-state index contributed by atoms with van der Waals surface area (Å²) in [6.45, 7) is 7.60. The molecular formula is C16H22FNS. The van der Waals surface area contributed by atoms with Crippen LogP contribution in [-0.4, -0.2) is 6.54 Å². The monoisotopic (exact) mass is 279 g/mol. The fraction of sp³-hybridized carbons (Fsp3) is 0.500. The van der Waals surface area contributed by atoms with E-state index in [2.05, 4.69) is 32.2 Å². The maximum Gasteiger partial charge on any atom is 0.123 e. The highest BCUT2D eigenvalue weighted by Gasteiger charge is 2.14. The molecule has 2 rings (SSSR count). The summed E-state index contributed by atoms with van der Waals surface area (Å²) in [7, 11) is 0. The van der Waals surface area contributed by atoms with Crippen LogP contribution in [0.25, 0.3) is 10.1 Å². The molecule has 0 fully saturated rings. The maximum absolute atomic E-state index is 13.2. The molecule has 104 valence electrons. The lowest BCUT2D eigenvalue weighted by Gasteiger charge is -2.17. The quantitative estimate of drug-likeness (QED) is 0.773. The van der Waals surface area contributed by atoms with Gasteiger partial charge in [-0.2, -0.15) is 0 Å². The van der Waals surface area contributed by atoms with Gasteiger partial charge in [-0.3, -0.25) is 0 Å². The number of thiophene rings is 1. The molecular weight excluding hydrogens is 257 g/mol. The molecule has 1 aromatic heterocycles. The van der Waals surface area contributed by atoms with Crippen LogP contribution in [-0.2, 0) is 0 Å². The standard InChI is InChI=1S/C16H22FNS/c1-4-18-14(7-5-11(2)3)16-10-12-9-13(17)6-8-15(12)19-16/h6,8-11,14,18H,4-5,7H2,1-3H3. The minimum absolute atomic E-state index is 0.154. The molecule has 19 heavy (non-hydrogen) atoms. The third-order valence-electron chi connectivity index (χ3n) is 3.32. The summed E-state index contributed by atoms with van der Waals surface area (Å²) < 4.78 is 14.4. The van der Waals surface area contributed by atoms with E-state index in [1.165, 1.54) is 16.0 Å². The molecule has 0 bridgehead atoms. The summed E-state index contributed by atoms with van der Waals surface area (Å²) in [5.74, 6) is 0.562. The number of hydrogen-bond acceptors (Lipinski definition) is 2. The Morgan fingerprint density at radius 1 is 1.21 bits per heavy atom. The van der Waals surface area contributed by atoms with Crippen LogP contribution in [0.5, 0.6) is 0 Å². The first-order valence-electron chi connectivity index (χ1n) is 7.02. The van der Waals surface area contributed by atoms with Crippen molar-refractivity contribution in [2.45, 2.75) is 39.7 Å². The molecule has 0 spiro atoms. The number of hydrogen-bond donors (Lipinski definition) is 1. The van der Waals surface area contributed by atoms with Gasteiger partial charge in [0.1, 0.15) is 5.82 Å². The first-order valence-corrected chi connectivity index (χ1v) is 7.84. The first kappa shape index (κ1) is 14.5. The molecule has 2 aromatic rings. The molecule has 0 saturated carbocycles. The second-order valence-corrected chi connectivity index (χ2v) is 6.53. The van der Waals surface area contributed by atoms with E-state index in [-0.39, 0.29) is 5.82 Å². The average Bonchev–Trinajstić information content (AvgIpc) is 2.76. The molecule has 1 heterocycles. The van der Waals surface area contributed by atoms with E-state index < -0.39 is 0 Å². The van der Waals surface area contributed by atoms with Gasteiger partial charge in [0.05, 0.1) is 0 Å². The van der Waals surface area contributed by atoms with Gasteiger partial charge in [0.15, 0.2) is 0 Å². The van der Waals surface area contributed by atoms with Crippen molar-refractivity contribution in [3.8, 4) is 0 Å². The zero-order valence-corrected chi connectivity index (χ0v) is 12.7. The van der Waals surface area contributed by atoms with Crippen molar-refractivity contribution in [1.82, 2.24) is 5.32 Å². The summed E-state index contributed by atoms with van der Waals surface area (Å²) in [4.78, 5) is 1.32. The van der Waals surface area contributed by atoms with Crippen LogP contribution >= 0.6 is 11.3 Å². The van der Waals surface area contributed by atoms with E-state index in [1.807, 2.05) is 6.07 Å². The normalized spacial score (nSPS) is 13.3. The predicted molar refractivity (Wildman–Crippen MR) is 82.3 cm³/mol. The van der Waals surface area contributed by atoms with Crippen LogP contribution in [0.15, 0.2) is 24.3 Å². The Kier molecular flexibility index (Phi) is 4.94. The number of rotatable bonds is 6. The summed E-state index contributed by atoms with van der Waals surface area (Å²) in [6, 6.07) is 7.58. The molecule has 1 nitrogen and oxygen atoms in total. The predicted octanol–water partition coefficient (Wildman–Crippen LogP) is 5.13. The van der Waals surface area contributed by atoms with Gasteiger partial charge in [0.25, 0.3) is 0 Å². The molecule has 0 aliphatic carbocycles. The van der Waals surface area contributed by atoms with E-state index in [0.717, 1.165) is 18.4 Å². The molecule has 3 heteroatoms. The zero-order valence-electron chi connectivity index (χ0n) is 11.9. The topological polar surface area (TPSA) is 12.0 Å². The number of fused-ring (bicyclic) bond motifs is 1. The lowest BCUT2D eigenvalue weighted by Crippen LogP contribution is -2.20. The van der Waals surface area contributed by atoms with Gasteiger partial charge in [-0.15, -0.1) is 11.3 Å². The molecule has 1 atom stereocenters. The van der Waals surface area contributed by atoms with Gasteiger partial charge in [-0.05, 0) is 55.0 Å². The maximum atomic E-state index is 13.2. The first-order chi connectivity index (χ1) is 9.10. The fourth-order valence-corrected chi connectivity index (χ4v) is 3.45. The van der Waals surface area contributed by atoms with Gasteiger partial charge in [-0.1, -0.05) is 20.8 Å². The van der Waals surface area contributed by atoms with Gasteiger partial charge >= 0.3 is 0 Å². The molecule has 1 N–H and O–H groups in total. The summed E-state index contributed by atoms with van der Waals surface area (Å²) >= 11 is 1.78. The van der Waals surface area contributed by atoms with Crippen LogP contribution in [0.1, 0.15) is 44.5 Å². The fourth-order valence-electron chi connectivity index (χ4n) is 2.30.